The Morgan fingerprint density at radius 3 is 2.67 bits per heavy atom. The molecule has 1 aromatic carbocycles. The van der Waals surface area contributed by atoms with Gasteiger partial charge in [0.15, 0.2) is 11.6 Å². The molecule has 0 amide bonds. The summed E-state index contributed by atoms with van der Waals surface area (Å²) in [5, 5.41) is 8.59. The third kappa shape index (κ3) is 1.60. The average Bonchev–Trinajstić information content (AvgIpc) is 2.08. The van der Waals surface area contributed by atoms with Gasteiger partial charge in [-0.1, -0.05) is 12.1 Å². The van der Waals surface area contributed by atoms with Crippen LogP contribution in [0.5, 0.6) is 0 Å². The average molecular weight is 173 g/mol. The molecule has 0 fully saturated rings. The molecule has 0 heterocycles. The highest BCUT2D eigenvalue weighted by Gasteiger charge is 2.12. The largest absolute Gasteiger partial charge is 0.394 e. The lowest BCUT2D eigenvalue weighted by Crippen LogP contribution is -2.16. The minimum Gasteiger partial charge on any atom is -0.394 e. The number of aliphatic hydroxyl groups is 1. The van der Waals surface area contributed by atoms with Crippen molar-refractivity contribution >= 4 is 0 Å². The van der Waals surface area contributed by atoms with E-state index in [-0.39, 0.29) is 5.56 Å². The summed E-state index contributed by atoms with van der Waals surface area (Å²) in [5.74, 6) is -1.93. The van der Waals surface area contributed by atoms with E-state index in [0.717, 1.165) is 6.07 Å². The van der Waals surface area contributed by atoms with Crippen LogP contribution in [0.3, 0.4) is 0 Å². The third-order valence-corrected chi connectivity index (χ3v) is 1.58. The number of halogens is 2. The molecule has 12 heavy (non-hydrogen) atoms. The molecule has 0 aliphatic rings. The summed E-state index contributed by atoms with van der Waals surface area (Å²) in [5.41, 5.74) is 5.30. The van der Waals surface area contributed by atoms with Crippen molar-refractivity contribution in [1.82, 2.24) is 0 Å². The lowest BCUT2D eigenvalue weighted by Gasteiger charge is -2.09. The molecule has 0 spiro atoms. The van der Waals surface area contributed by atoms with E-state index in [1.165, 1.54) is 12.1 Å². The first-order chi connectivity index (χ1) is 5.66. The Kier molecular flexibility index (Phi) is 2.73. The Morgan fingerprint density at radius 2 is 2.08 bits per heavy atom. The second kappa shape index (κ2) is 3.60. The molecule has 3 N–H and O–H groups in total. The summed E-state index contributed by atoms with van der Waals surface area (Å²) in [7, 11) is 0. The van der Waals surface area contributed by atoms with Crippen LogP contribution < -0.4 is 5.73 Å². The van der Waals surface area contributed by atoms with E-state index in [1.54, 1.807) is 0 Å². The van der Waals surface area contributed by atoms with E-state index in [4.69, 9.17) is 10.8 Å². The zero-order valence-electron chi connectivity index (χ0n) is 6.30. The van der Waals surface area contributed by atoms with Crippen LogP contribution in [0.1, 0.15) is 11.6 Å². The molecule has 0 saturated carbocycles. The summed E-state index contributed by atoms with van der Waals surface area (Å²) >= 11 is 0. The highest BCUT2D eigenvalue weighted by molar-refractivity contribution is 5.22. The van der Waals surface area contributed by atoms with E-state index < -0.39 is 24.3 Å². The third-order valence-electron chi connectivity index (χ3n) is 1.58. The van der Waals surface area contributed by atoms with Crippen LogP contribution in [0.4, 0.5) is 8.78 Å². The molecular weight excluding hydrogens is 164 g/mol. The van der Waals surface area contributed by atoms with Crippen LogP contribution in [-0.4, -0.2) is 11.7 Å². The summed E-state index contributed by atoms with van der Waals surface area (Å²) in [6.45, 7) is -0.402. The molecule has 1 atom stereocenters. The molecule has 0 aromatic heterocycles. The number of nitrogens with two attached hydrogens (primary N) is 1. The fourth-order valence-corrected chi connectivity index (χ4v) is 0.905. The van der Waals surface area contributed by atoms with Gasteiger partial charge in [0.1, 0.15) is 0 Å². The molecule has 4 heteroatoms. The smallest absolute Gasteiger partial charge is 0.163 e. The van der Waals surface area contributed by atoms with Gasteiger partial charge >= 0.3 is 0 Å². The minimum atomic E-state index is -0.987. The Bertz CT molecular complexity index is 278. The molecule has 0 radical (unpaired) electrons. The molecule has 0 bridgehead atoms. The fraction of sp³-hybridized carbons (Fsp3) is 0.250. The monoisotopic (exact) mass is 173 g/mol. The Labute approximate surface area is 68.6 Å². The number of aliphatic hydroxyl groups excluding tert-OH is 1. The molecule has 0 saturated heterocycles. The predicted molar refractivity (Wildman–Crippen MR) is 40.4 cm³/mol. The van der Waals surface area contributed by atoms with Crippen molar-refractivity contribution in [3.05, 3.63) is 35.4 Å². The molecule has 2 nitrogen and oxygen atoms in total. The summed E-state index contributed by atoms with van der Waals surface area (Å²) in [6.07, 6.45) is 0. The fourth-order valence-electron chi connectivity index (χ4n) is 0.905. The lowest BCUT2D eigenvalue weighted by molar-refractivity contribution is 0.264. The van der Waals surface area contributed by atoms with Crippen molar-refractivity contribution in [2.75, 3.05) is 6.61 Å². The Morgan fingerprint density at radius 1 is 1.42 bits per heavy atom. The topological polar surface area (TPSA) is 46.2 Å². The van der Waals surface area contributed by atoms with Crippen LogP contribution in [0.15, 0.2) is 18.2 Å². The van der Waals surface area contributed by atoms with E-state index in [1.807, 2.05) is 0 Å². The van der Waals surface area contributed by atoms with Crippen molar-refractivity contribution < 1.29 is 13.9 Å². The lowest BCUT2D eigenvalue weighted by atomic mass is 10.1. The van der Waals surface area contributed by atoms with Gasteiger partial charge in [-0.2, -0.15) is 0 Å². The molecule has 0 unspecified atom stereocenters. The van der Waals surface area contributed by atoms with Gasteiger partial charge in [-0.3, -0.25) is 0 Å². The first-order valence-corrected chi connectivity index (χ1v) is 3.47. The van der Waals surface area contributed by atoms with Gasteiger partial charge in [0, 0.05) is 5.56 Å². The highest BCUT2D eigenvalue weighted by Crippen LogP contribution is 2.16. The normalized spacial score (nSPS) is 13.0. The first kappa shape index (κ1) is 9.09. The van der Waals surface area contributed by atoms with Crippen molar-refractivity contribution in [1.29, 1.82) is 0 Å². The summed E-state index contributed by atoms with van der Waals surface area (Å²) in [4.78, 5) is 0. The second-order valence-corrected chi connectivity index (χ2v) is 2.43. The Hall–Kier alpha value is -1.00. The van der Waals surface area contributed by atoms with Crippen LogP contribution >= 0.6 is 0 Å². The van der Waals surface area contributed by atoms with E-state index in [0.29, 0.717) is 0 Å². The zero-order valence-corrected chi connectivity index (χ0v) is 6.30. The SMILES string of the molecule is N[C@H](CO)c1cccc(F)c1F. The molecule has 0 aliphatic heterocycles. The van der Waals surface area contributed by atoms with Gasteiger partial charge in [0.25, 0.3) is 0 Å². The van der Waals surface area contributed by atoms with Crippen LogP contribution in [0, 0.1) is 11.6 Å². The van der Waals surface area contributed by atoms with E-state index in [2.05, 4.69) is 0 Å². The van der Waals surface area contributed by atoms with Crippen molar-refractivity contribution in [3.8, 4) is 0 Å². The van der Waals surface area contributed by atoms with Gasteiger partial charge in [0.2, 0.25) is 0 Å². The van der Waals surface area contributed by atoms with Crippen LogP contribution in [0.2, 0.25) is 0 Å². The number of rotatable bonds is 2. The standard InChI is InChI=1S/C8H9F2NO/c9-6-3-1-2-5(8(6)10)7(11)4-12/h1-3,7,12H,4,11H2/t7-/m1/s1. The molecule has 66 valence electrons. The first-order valence-electron chi connectivity index (χ1n) is 3.47. The number of benzene rings is 1. The minimum absolute atomic E-state index is 0.00231. The number of hydrogen-bond donors (Lipinski definition) is 2. The van der Waals surface area contributed by atoms with Crippen LogP contribution in [-0.2, 0) is 0 Å². The van der Waals surface area contributed by atoms with Crippen LogP contribution in [0.25, 0.3) is 0 Å². The maximum absolute atomic E-state index is 12.9. The zero-order chi connectivity index (χ0) is 9.14. The summed E-state index contributed by atoms with van der Waals surface area (Å²) < 4.78 is 25.4. The Balaban J connectivity index is 3.07. The summed E-state index contributed by atoms with van der Waals surface area (Å²) in [6, 6.07) is 2.84. The highest BCUT2D eigenvalue weighted by atomic mass is 19.2. The van der Waals surface area contributed by atoms with E-state index in [9.17, 15) is 8.78 Å². The predicted octanol–water partition coefficient (Wildman–Crippen LogP) is 0.957. The molecular formula is C8H9F2NO. The number of hydrogen-bond acceptors (Lipinski definition) is 2. The van der Waals surface area contributed by atoms with Gasteiger partial charge in [0.05, 0.1) is 12.6 Å². The van der Waals surface area contributed by atoms with Gasteiger partial charge in [-0.15, -0.1) is 0 Å². The molecule has 0 aliphatic carbocycles. The quantitative estimate of drug-likeness (QED) is 0.699. The molecule has 1 rings (SSSR count). The molecule has 1 aromatic rings. The van der Waals surface area contributed by atoms with Crippen molar-refractivity contribution in [2.24, 2.45) is 5.73 Å². The van der Waals surface area contributed by atoms with Crippen molar-refractivity contribution in [3.63, 3.8) is 0 Å². The van der Waals surface area contributed by atoms with E-state index >= 15 is 0 Å². The van der Waals surface area contributed by atoms with Crippen molar-refractivity contribution in [2.45, 2.75) is 6.04 Å². The maximum atomic E-state index is 12.9. The second-order valence-electron chi connectivity index (χ2n) is 2.43. The maximum Gasteiger partial charge on any atom is 0.163 e. The van der Waals surface area contributed by atoms with Gasteiger partial charge in [-0.05, 0) is 6.07 Å². The van der Waals surface area contributed by atoms with Gasteiger partial charge in [-0.25, -0.2) is 8.78 Å². The van der Waals surface area contributed by atoms with Gasteiger partial charge < -0.3 is 10.8 Å².